The molecule has 4 rings (SSSR count). The van der Waals surface area contributed by atoms with Gasteiger partial charge in [0.1, 0.15) is 12.0 Å². The first-order valence-electron chi connectivity index (χ1n) is 9.64. The lowest BCUT2D eigenvalue weighted by Crippen LogP contribution is -2.36. The Bertz CT molecular complexity index is 863. The normalized spacial score (nSPS) is 16.6. The fourth-order valence-electron chi connectivity index (χ4n) is 3.67. The van der Waals surface area contributed by atoms with Gasteiger partial charge in [0, 0.05) is 32.2 Å². The molecular weight excluding hydrogens is 360 g/mol. The smallest absolute Gasteiger partial charge is 0.412 e. The molecule has 1 fully saturated rings. The number of carbonyl (C=O) groups is 1. The Labute approximate surface area is 163 Å². The quantitative estimate of drug-likeness (QED) is 0.738. The highest BCUT2D eigenvalue weighted by Gasteiger charge is 2.20. The molecule has 0 aliphatic carbocycles. The molecule has 1 amide bonds. The van der Waals surface area contributed by atoms with Crippen LogP contribution < -0.4 is 10.2 Å². The van der Waals surface area contributed by atoms with Gasteiger partial charge >= 0.3 is 6.09 Å². The van der Waals surface area contributed by atoms with Gasteiger partial charge in [0.25, 0.3) is 0 Å². The average Bonchev–Trinajstić information content (AvgIpc) is 3.12. The molecule has 0 atom stereocenters. The summed E-state index contributed by atoms with van der Waals surface area (Å²) in [7, 11) is 0. The van der Waals surface area contributed by atoms with Crippen LogP contribution in [-0.2, 0) is 24.4 Å². The molecule has 0 N–H and O–H groups in total. The fraction of sp³-hybridized carbons (Fsp3) is 0.429. The molecule has 148 valence electrons. The van der Waals surface area contributed by atoms with E-state index >= 15 is 0 Å². The number of amides is 1. The molecule has 2 aromatic rings. The third-order valence-electron chi connectivity index (χ3n) is 5.15. The Morgan fingerprint density at radius 2 is 1.79 bits per heavy atom. The summed E-state index contributed by atoms with van der Waals surface area (Å²) in [4.78, 5) is 28.1. The third kappa shape index (κ3) is 4.36. The van der Waals surface area contributed by atoms with Crippen LogP contribution in [0.1, 0.15) is 36.1 Å². The number of carbonyl (C=O) groups excluding carboxylic acids is 1. The van der Waals surface area contributed by atoms with Crippen molar-refractivity contribution in [2.24, 2.45) is 0 Å². The summed E-state index contributed by atoms with van der Waals surface area (Å²) in [6.45, 7) is 3.33. The summed E-state index contributed by atoms with van der Waals surface area (Å²) in [6.07, 6.45) is 3.99. The van der Waals surface area contributed by atoms with Crippen LogP contribution in [0, 0.1) is 0 Å². The molecule has 0 unspecified atom stereocenters. The minimum absolute atomic E-state index is 0.0416. The zero-order valence-corrected chi connectivity index (χ0v) is 15.8. The topological polar surface area (TPSA) is 72.2 Å². The minimum Gasteiger partial charge on any atom is -0.464 e. The predicted molar refractivity (Wildman–Crippen MR) is 102 cm³/mol. The van der Waals surface area contributed by atoms with E-state index < -0.39 is 6.09 Å². The van der Waals surface area contributed by atoms with E-state index in [2.05, 4.69) is 17.0 Å². The molecule has 1 saturated heterocycles. The molecule has 0 radical (unpaired) electrons. The van der Waals surface area contributed by atoms with Gasteiger partial charge < -0.3 is 18.8 Å². The van der Waals surface area contributed by atoms with Gasteiger partial charge in [-0.05, 0) is 30.4 Å². The number of fused-ring (bicyclic) bond motifs is 1. The predicted octanol–water partition coefficient (Wildman–Crippen LogP) is 3.11. The summed E-state index contributed by atoms with van der Waals surface area (Å²) in [6, 6.07) is 9.74. The van der Waals surface area contributed by atoms with Crippen molar-refractivity contribution >= 4 is 6.09 Å². The molecule has 2 aliphatic heterocycles. The second kappa shape index (κ2) is 8.48. The van der Waals surface area contributed by atoms with Gasteiger partial charge in [-0.3, -0.25) is 9.69 Å². The van der Waals surface area contributed by atoms with Crippen LogP contribution in [0.15, 0.2) is 45.8 Å². The van der Waals surface area contributed by atoms with Crippen LogP contribution in [0.25, 0.3) is 0 Å². The molecule has 0 spiro atoms. The first-order chi connectivity index (χ1) is 13.7. The van der Waals surface area contributed by atoms with Crippen molar-refractivity contribution in [1.82, 2.24) is 9.80 Å². The molecule has 1 aromatic heterocycles. The average molecular weight is 384 g/mol. The molecule has 0 saturated carbocycles. The van der Waals surface area contributed by atoms with Crippen LogP contribution in [-0.4, -0.2) is 35.8 Å². The Morgan fingerprint density at radius 1 is 1.07 bits per heavy atom. The maximum atomic E-state index is 12.3. The van der Waals surface area contributed by atoms with Crippen molar-refractivity contribution in [2.75, 3.05) is 19.9 Å². The number of nitrogens with zero attached hydrogens (tertiary/aromatic N) is 2. The van der Waals surface area contributed by atoms with E-state index in [-0.39, 0.29) is 18.0 Å². The first kappa shape index (κ1) is 18.6. The second-order valence-electron chi connectivity index (χ2n) is 7.21. The molecule has 28 heavy (non-hydrogen) atoms. The number of piperidine rings is 1. The van der Waals surface area contributed by atoms with E-state index in [4.69, 9.17) is 13.9 Å². The lowest BCUT2D eigenvalue weighted by molar-refractivity contribution is 0.0301. The summed E-state index contributed by atoms with van der Waals surface area (Å²) in [5, 5.41) is 0. The Hall–Kier alpha value is -2.80. The standard InChI is InChI=1S/C21H24N2O5/c24-19-10-18(13-22-11-16-6-2-3-7-17(16)12-22)26-14-20(19)27-15-28-21(25)23-8-4-1-5-9-23/h2-3,6-7,10,14H,1,4-5,8-9,11-13,15H2. The summed E-state index contributed by atoms with van der Waals surface area (Å²) < 4.78 is 15.9. The molecule has 3 heterocycles. The van der Waals surface area contributed by atoms with Crippen molar-refractivity contribution < 1.29 is 18.7 Å². The number of hydrogen-bond donors (Lipinski definition) is 0. The highest BCUT2D eigenvalue weighted by molar-refractivity contribution is 5.67. The van der Waals surface area contributed by atoms with Crippen LogP contribution in [0.3, 0.4) is 0 Å². The SMILES string of the molecule is O=C(OCOc1coc(CN2Cc3ccccc3C2)cc1=O)N1CCCCC1. The van der Waals surface area contributed by atoms with Gasteiger partial charge in [-0.2, -0.15) is 0 Å². The van der Waals surface area contributed by atoms with E-state index in [1.165, 1.54) is 23.5 Å². The number of hydrogen-bond acceptors (Lipinski definition) is 6. The molecule has 7 nitrogen and oxygen atoms in total. The Kier molecular flexibility index (Phi) is 5.62. The van der Waals surface area contributed by atoms with Gasteiger partial charge in [-0.15, -0.1) is 0 Å². The van der Waals surface area contributed by atoms with E-state index in [9.17, 15) is 9.59 Å². The van der Waals surface area contributed by atoms with E-state index in [1.807, 2.05) is 12.1 Å². The molecule has 2 aliphatic rings. The van der Waals surface area contributed by atoms with Crippen molar-refractivity contribution in [3.8, 4) is 5.75 Å². The Balaban J connectivity index is 1.27. The molecule has 0 bridgehead atoms. The lowest BCUT2D eigenvalue weighted by atomic mass is 10.1. The van der Waals surface area contributed by atoms with Gasteiger partial charge in [-0.1, -0.05) is 24.3 Å². The third-order valence-corrected chi connectivity index (χ3v) is 5.15. The first-order valence-corrected chi connectivity index (χ1v) is 9.64. The largest absolute Gasteiger partial charge is 0.464 e. The lowest BCUT2D eigenvalue weighted by Gasteiger charge is -2.25. The fourth-order valence-corrected chi connectivity index (χ4v) is 3.67. The van der Waals surface area contributed by atoms with E-state index in [0.29, 0.717) is 25.4 Å². The highest BCUT2D eigenvalue weighted by atomic mass is 16.7. The number of likely N-dealkylation sites (tertiary alicyclic amines) is 1. The van der Waals surface area contributed by atoms with Crippen molar-refractivity contribution in [2.45, 2.75) is 38.9 Å². The van der Waals surface area contributed by atoms with Crippen molar-refractivity contribution in [3.05, 3.63) is 63.7 Å². The van der Waals surface area contributed by atoms with Gasteiger partial charge in [0.2, 0.25) is 18.0 Å². The van der Waals surface area contributed by atoms with Crippen LogP contribution in [0.2, 0.25) is 0 Å². The maximum Gasteiger partial charge on any atom is 0.412 e. The molecule has 7 heteroatoms. The minimum atomic E-state index is -0.408. The maximum absolute atomic E-state index is 12.3. The highest BCUT2D eigenvalue weighted by Crippen LogP contribution is 2.23. The second-order valence-corrected chi connectivity index (χ2v) is 7.21. The van der Waals surface area contributed by atoms with Gasteiger partial charge in [-0.25, -0.2) is 4.79 Å². The summed E-state index contributed by atoms with van der Waals surface area (Å²) in [5.74, 6) is 0.621. The van der Waals surface area contributed by atoms with Crippen molar-refractivity contribution in [1.29, 1.82) is 0 Å². The number of benzene rings is 1. The van der Waals surface area contributed by atoms with E-state index in [1.54, 1.807) is 4.90 Å². The number of rotatable bonds is 5. The monoisotopic (exact) mass is 384 g/mol. The summed E-state index contributed by atoms with van der Waals surface area (Å²) >= 11 is 0. The van der Waals surface area contributed by atoms with Gasteiger partial charge in [0.05, 0.1) is 6.54 Å². The molecular formula is C21H24N2O5. The van der Waals surface area contributed by atoms with Crippen LogP contribution in [0.4, 0.5) is 4.79 Å². The zero-order chi connectivity index (χ0) is 19.3. The van der Waals surface area contributed by atoms with E-state index in [0.717, 1.165) is 32.4 Å². The number of ether oxygens (including phenoxy) is 2. The van der Waals surface area contributed by atoms with Gasteiger partial charge in [0.15, 0.2) is 0 Å². The van der Waals surface area contributed by atoms with Crippen molar-refractivity contribution in [3.63, 3.8) is 0 Å². The Morgan fingerprint density at radius 3 is 2.46 bits per heavy atom. The molecule has 1 aromatic carbocycles. The van der Waals surface area contributed by atoms with Crippen LogP contribution >= 0.6 is 0 Å². The summed E-state index contributed by atoms with van der Waals surface area (Å²) in [5.41, 5.74) is 2.33. The zero-order valence-electron chi connectivity index (χ0n) is 15.8. The van der Waals surface area contributed by atoms with Crippen LogP contribution in [0.5, 0.6) is 5.75 Å².